The van der Waals surface area contributed by atoms with E-state index in [-0.39, 0.29) is 11.8 Å². The third-order valence-electron chi connectivity index (χ3n) is 6.56. The molecule has 1 amide bonds. The molecule has 3 N–H and O–H groups in total. The van der Waals surface area contributed by atoms with Gasteiger partial charge < -0.3 is 20.1 Å². The number of carbonyl (C=O) groups is 1. The van der Waals surface area contributed by atoms with Gasteiger partial charge in [0, 0.05) is 40.4 Å². The van der Waals surface area contributed by atoms with Gasteiger partial charge in [0.15, 0.2) is 12.6 Å². The number of ether oxygens (including phenoxy) is 1. The summed E-state index contributed by atoms with van der Waals surface area (Å²) in [5, 5.41) is 15.6. The second-order valence-corrected chi connectivity index (χ2v) is 9.41. The predicted octanol–water partition coefficient (Wildman–Crippen LogP) is 5.33. The lowest BCUT2D eigenvalue weighted by Gasteiger charge is -2.30. The molecule has 3 aromatic carbocycles. The summed E-state index contributed by atoms with van der Waals surface area (Å²) >= 11 is 1.63. The number of aromatic nitrogens is 1. The van der Waals surface area contributed by atoms with E-state index in [0.29, 0.717) is 18.7 Å². The van der Waals surface area contributed by atoms with Crippen LogP contribution < -0.4 is 5.32 Å². The first kappa shape index (κ1) is 23.2. The van der Waals surface area contributed by atoms with E-state index in [1.54, 1.807) is 18.9 Å². The zero-order chi connectivity index (χ0) is 24.4. The van der Waals surface area contributed by atoms with Gasteiger partial charge in [-0.25, -0.2) is 0 Å². The van der Waals surface area contributed by atoms with Gasteiger partial charge >= 0.3 is 5.90 Å². The fourth-order valence-electron chi connectivity index (χ4n) is 4.93. The number of methoxy groups -OCH3 is 1. The van der Waals surface area contributed by atoms with Crippen molar-refractivity contribution < 1.29 is 19.2 Å². The first-order chi connectivity index (χ1) is 17.1. The van der Waals surface area contributed by atoms with Crippen LogP contribution in [0.1, 0.15) is 28.7 Å². The van der Waals surface area contributed by atoms with Gasteiger partial charge in [-0.3, -0.25) is 4.79 Å². The maximum Gasteiger partial charge on any atom is 0.368 e. The first-order valence-electron chi connectivity index (χ1n) is 11.5. The number of thioether (sulfide) groups is 1. The fraction of sp³-hybridized carbons (Fsp3) is 0.214. The minimum atomic E-state index is -0.559. The number of para-hydroxylation sites is 1. The molecule has 2 heterocycles. The van der Waals surface area contributed by atoms with Gasteiger partial charge in [0.1, 0.15) is 12.5 Å². The first-order valence-corrected chi connectivity index (χ1v) is 12.8. The molecule has 1 aliphatic rings. The van der Waals surface area contributed by atoms with E-state index in [4.69, 9.17) is 4.74 Å². The van der Waals surface area contributed by atoms with E-state index < -0.39 is 12.0 Å². The molecule has 0 saturated heterocycles. The van der Waals surface area contributed by atoms with Crippen molar-refractivity contribution in [1.29, 1.82) is 0 Å². The highest BCUT2D eigenvalue weighted by molar-refractivity contribution is 7.98. The summed E-state index contributed by atoms with van der Waals surface area (Å²) < 4.78 is 7.27. The van der Waals surface area contributed by atoms with Crippen LogP contribution in [0.15, 0.2) is 83.9 Å². The van der Waals surface area contributed by atoms with Gasteiger partial charge in [-0.15, -0.1) is 11.8 Å². The van der Waals surface area contributed by atoms with E-state index >= 15 is 0 Å². The van der Waals surface area contributed by atoms with Crippen LogP contribution in [0.2, 0.25) is 0 Å². The summed E-state index contributed by atoms with van der Waals surface area (Å²) in [6.45, 7) is 0.849. The number of nitrogens with one attached hydrogen (secondary N) is 2. The predicted molar refractivity (Wildman–Crippen MR) is 141 cm³/mol. The van der Waals surface area contributed by atoms with E-state index in [0.717, 1.165) is 32.6 Å². The Labute approximate surface area is 208 Å². The fourth-order valence-corrected chi connectivity index (χ4v) is 5.39. The van der Waals surface area contributed by atoms with Crippen molar-refractivity contribution in [1.82, 2.24) is 4.98 Å². The van der Waals surface area contributed by atoms with Gasteiger partial charge in [-0.05, 0) is 42.2 Å². The Morgan fingerprint density at radius 3 is 2.71 bits per heavy atom. The summed E-state index contributed by atoms with van der Waals surface area (Å²) in [7, 11) is 1.64. The van der Waals surface area contributed by atoms with Crippen molar-refractivity contribution in [2.45, 2.75) is 16.9 Å². The highest BCUT2D eigenvalue weighted by atomic mass is 32.2. The number of carbonyl (C=O) groups excluding carboxylic acids is 1. The Kier molecular flexibility index (Phi) is 6.61. The van der Waals surface area contributed by atoms with Crippen molar-refractivity contribution in [2.24, 2.45) is 0 Å². The molecular formula is C28H28N3O3S+. The van der Waals surface area contributed by atoms with E-state index in [1.165, 1.54) is 0 Å². The maximum absolute atomic E-state index is 14.0. The molecule has 0 spiro atoms. The summed E-state index contributed by atoms with van der Waals surface area (Å²) in [5.41, 5.74) is 4.15. The van der Waals surface area contributed by atoms with Crippen LogP contribution in [-0.4, -0.2) is 53.0 Å². The third-order valence-corrected chi connectivity index (χ3v) is 7.28. The molecule has 2 unspecified atom stereocenters. The van der Waals surface area contributed by atoms with E-state index in [1.807, 2.05) is 89.8 Å². The standard InChI is InChI=1S/C28H27N3O3S/c1-34-15-14-31-26(23-17-29-24-13-6-5-10-20(23)24)25(21-11-3-4-12-22(21)28(31)33)27(32)30-18-8-7-9-19(16-18)35-2/h3-13,16-17,25-26,29H,14-15H2,1-2H3,(H,30,32)/p+1. The quantitative estimate of drug-likeness (QED) is 0.244. The summed E-state index contributed by atoms with van der Waals surface area (Å²) in [4.78, 5) is 18.4. The van der Waals surface area contributed by atoms with Crippen molar-refractivity contribution in [2.75, 3.05) is 31.8 Å². The second-order valence-electron chi connectivity index (χ2n) is 8.53. The van der Waals surface area contributed by atoms with Crippen LogP contribution >= 0.6 is 11.8 Å². The van der Waals surface area contributed by atoms with E-state index in [9.17, 15) is 9.90 Å². The number of aliphatic hydroxyl groups excluding tert-OH is 1. The summed E-state index contributed by atoms with van der Waals surface area (Å²) in [6, 6.07) is 23.0. The van der Waals surface area contributed by atoms with Gasteiger partial charge in [0.25, 0.3) is 0 Å². The molecule has 0 saturated carbocycles. The minimum absolute atomic E-state index is 0.124. The number of benzene rings is 3. The molecule has 0 fully saturated rings. The smallest absolute Gasteiger partial charge is 0.368 e. The Morgan fingerprint density at radius 1 is 1.09 bits per heavy atom. The molecule has 1 aromatic heterocycles. The molecule has 1 aliphatic heterocycles. The lowest BCUT2D eigenvalue weighted by Crippen LogP contribution is -2.42. The number of H-pyrrole nitrogens is 1. The number of amides is 1. The van der Waals surface area contributed by atoms with Crippen LogP contribution in [0.3, 0.4) is 0 Å². The minimum Gasteiger partial charge on any atom is -0.460 e. The molecule has 7 heteroatoms. The number of anilines is 1. The van der Waals surface area contributed by atoms with Crippen LogP contribution in [0.4, 0.5) is 5.69 Å². The Bertz CT molecular complexity index is 1410. The molecule has 6 nitrogen and oxygen atoms in total. The van der Waals surface area contributed by atoms with E-state index in [2.05, 4.69) is 10.3 Å². The summed E-state index contributed by atoms with van der Waals surface area (Å²) in [5.74, 6) is -0.529. The number of hydrogen-bond acceptors (Lipinski definition) is 3. The largest absolute Gasteiger partial charge is 0.460 e. The topological polar surface area (TPSA) is 77.4 Å². The number of fused-ring (bicyclic) bond motifs is 2. The van der Waals surface area contributed by atoms with Crippen LogP contribution in [0.25, 0.3) is 10.9 Å². The average molecular weight is 487 g/mol. The number of aliphatic hydroxyl groups is 1. The van der Waals surface area contributed by atoms with Crippen molar-refractivity contribution in [3.63, 3.8) is 0 Å². The van der Waals surface area contributed by atoms with Gasteiger partial charge in [-0.1, -0.05) is 42.5 Å². The molecule has 0 aliphatic carbocycles. The lowest BCUT2D eigenvalue weighted by atomic mass is 9.80. The average Bonchev–Trinajstić information content (AvgIpc) is 3.32. The number of rotatable bonds is 7. The van der Waals surface area contributed by atoms with Crippen molar-refractivity contribution in [3.05, 3.63) is 95.7 Å². The molecule has 0 radical (unpaired) electrons. The Hall–Kier alpha value is -3.55. The molecule has 4 aromatic rings. The summed E-state index contributed by atoms with van der Waals surface area (Å²) in [6.07, 6.45) is 3.96. The van der Waals surface area contributed by atoms with Gasteiger partial charge in [0.2, 0.25) is 5.91 Å². The molecular weight excluding hydrogens is 458 g/mol. The van der Waals surface area contributed by atoms with Crippen molar-refractivity contribution in [3.8, 4) is 0 Å². The number of nitrogens with zero attached hydrogens (tertiary/aromatic N) is 1. The Balaban J connectivity index is 1.67. The maximum atomic E-state index is 14.0. The molecule has 5 rings (SSSR count). The second kappa shape index (κ2) is 9.98. The van der Waals surface area contributed by atoms with Gasteiger partial charge in [0.05, 0.1) is 5.56 Å². The van der Waals surface area contributed by atoms with Crippen LogP contribution in [0, 0.1) is 0 Å². The highest BCUT2D eigenvalue weighted by Crippen LogP contribution is 2.42. The van der Waals surface area contributed by atoms with Crippen LogP contribution in [-0.2, 0) is 9.53 Å². The zero-order valence-electron chi connectivity index (χ0n) is 19.7. The van der Waals surface area contributed by atoms with Crippen LogP contribution in [0.5, 0.6) is 0 Å². The SMILES string of the molecule is COCC[N+]1=C(O)c2ccccc2C(C(=O)Nc2cccc(SC)c2)C1c1c[nH]c2ccccc12. The molecule has 35 heavy (non-hydrogen) atoms. The molecule has 178 valence electrons. The highest BCUT2D eigenvalue weighted by Gasteiger charge is 2.47. The Morgan fingerprint density at radius 2 is 1.89 bits per heavy atom. The van der Waals surface area contributed by atoms with Gasteiger partial charge in [-0.2, -0.15) is 4.58 Å². The number of aromatic amines is 1. The zero-order valence-corrected chi connectivity index (χ0v) is 20.5. The normalized spacial score (nSPS) is 17.4. The molecule has 0 bridgehead atoms. The van der Waals surface area contributed by atoms with Crippen molar-refractivity contribution >= 4 is 40.2 Å². The number of hydrogen-bond donors (Lipinski definition) is 3. The third kappa shape index (κ3) is 4.33. The molecule has 2 atom stereocenters. The monoisotopic (exact) mass is 486 g/mol. The lowest BCUT2D eigenvalue weighted by molar-refractivity contribution is -0.584.